The molecule has 0 saturated heterocycles. The summed E-state index contributed by atoms with van der Waals surface area (Å²) in [7, 11) is 4.29. The molecule has 8 nitrogen and oxygen atoms in total. The third-order valence-corrected chi connectivity index (χ3v) is 5.31. The second-order valence-electron chi connectivity index (χ2n) is 6.50. The monoisotopic (exact) mass is 548 g/mol. The van der Waals surface area contributed by atoms with Crippen LogP contribution >= 0.6 is 22.6 Å². The average Bonchev–Trinajstić information content (AvgIpc) is 2.81. The van der Waals surface area contributed by atoms with Crippen LogP contribution in [-0.4, -0.2) is 46.0 Å². The van der Waals surface area contributed by atoms with E-state index in [4.69, 9.17) is 14.2 Å². The number of benzene rings is 3. The molecule has 0 saturated carbocycles. The van der Waals surface area contributed by atoms with Gasteiger partial charge in [-0.2, -0.15) is 5.10 Å². The normalized spacial score (nSPS) is 10.8. The molecule has 0 bridgehead atoms. The number of nitrogens with one attached hydrogen (secondary N) is 1. The molecule has 0 aliphatic carbocycles. The van der Waals surface area contributed by atoms with Gasteiger partial charge in [0.1, 0.15) is 5.75 Å². The fourth-order valence-corrected chi connectivity index (χ4v) is 3.72. The highest BCUT2D eigenvalue weighted by molar-refractivity contribution is 14.1. The number of carbonyl (C=O) groups is 2. The zero-order chi connectivity index (χ0) is 23.1. The quantitative estimate of drug-likeness (QED) is 0.199. The molecule has 0 heterocycles. The molecule has 0 aliphatic rings. The van der Waals surface area contributed by atoms with Crippen LogP contribution < -0.4 is 19.6 Å². The van der Waals surface area contributed by atoms with E-state index in [1.54, 1.807) is 18.2 Å². The molecule has 0 aromatic heterocycles. The SMILES string of the molecule is COC(=O)COc1c(I)cc(/C=N\NC(=O)c2cc3ccccc3cc2OC)cc1OC. The summed E-state index contributed by atoms with van der Waals surface area (Å²) in [6, 6.07) is 14.7. The molecule has 0 unspecified atom stereocenters. The molecule has 0 radical (unpaired) electrons. The van der Waals surface area contributed by atoms with Crippen molar-refractivity contribution in [2.75, 3.05) is 27.9 Å². The lowest BCUT2D eigenvalue weighted by atomic mass is 10.1. The van der Waals surface area contributed by atoms with Gasteiger partial charge in [0.05, 0.1) is 36.7 Å². The molecule has 166 valence electrons. The van der Waals surface area contributed by atoms with Crippen molar-refractivity contribution in [1.29, 1.82) is 0 Å². The Labute approximate surface area is 198 Å². The molecule has 9 heteroatoms. The standard InChI is InChI=1S/C23H21IN2O6/c1-29-19-11-16-7-5-4-6-15(16)10-17(19)23(28)26-25-12-14-8-18(24)22(20(9-14)30-2)32-13-21(27)31-3/h4-12H,13H2,1-3H3,(H,26,28)/b25-12-. The number of halogens is 1. The fraction of sp³-hybridized carbons (Fsp3) is 0.174. The van der Waals surface area contributed by atoms with E-state index < -0.39 is 11.9 Å². The molecule has 0 aliphatic heterocycles. The first-order valence-electron chi connectivity index (χ1n) is 9.44. The Kier molecular flexibility index (Phi) is 7.87. The number of hydrogen-bond donors (Lipinski definition) is 1. The van der Waals surface area contributed by atoms with Crippen LogP contribution in [0.3, 0.4) is 0 Å². The highest BCUT2D eigenvalue weighted by Gasteiger charge is 2.15. The molecule has 32 heavy (non-hydrogen) atoms. The number of hydrazone groups is 1. The Morgan fingerprint density at radius 1 is 1.00 bits per heavy atom. The van der Waals surface area contributed by atoms with Gasteiger partial charge >= 0.3 is 5.97 Å². The maximum Gasteiger partial charge on any atom is 0.343 e. The summed E-state index contributed by atoms with van der Waals surface area (Å²) < 4.78 is 21.5. The van der Waals surface area contributed by atoms with Crippen LogP contribution in [0.25, 0.3) is 10.8 Å². The molecular weight excluding hydrogens is 527 g/mol. The van der Waals surface area contributed by atoms with Crippen LogP contribution in [0.15, 0.2) is 53.6 Å². The summed E-state index contributed by atoms with van der Waals surface area (Å²) >= 11 is 2.06. The Balaban J connectivity index is 1.77. The summed E-state index contributed by atoms with van der Waals surface area (Å²) in [6.45, 7) is -0.236. The van der Waals surface area contributed by atoms with Crippen molar-refractivity contribution >= 4 is 51.5 Å². The van der Waals surface area contributed by atoms with Crippen molar-refractivity contribution in [3.05, 3.63) is 63.2 Å². The van der Waals surface area contributed by atoms with Gasteiger partial charge < -0.3 is 18.9 Å². The minimum atomic E-state index is -0.500. The average molecular weight is 548 g/mol. The summed E-state index contributed by atoms with van der Waals surface area (Å²) in [5.74, 6) is 0.397. The highest BCUT2D eigenvalue weighted by Crippen LogP contribution is 2.33. The Morgan fingerprint density at radius 3 is 2.34 bits per heavy atom. The predicted octanol–water partition coefficient (Wildman–Crippen LogP) is 3.78. The lowest BCUT2D eigenvalue weighted by Gasteiger charge is -2.12. The van der Waals surface area contributed by atoms with Gasteiger partial charge in [0.15, 0.2) is 18.1 Å². The fourth-order valence-electron chi connectivity index (χ4n) is 2.94. The van der Waals surface area contributed by atoms with E-state index in [-0.39, 0.29) is 6.61 Å². The van der Waals surface area contributed by atoms with E-state index in [0.29, 0.717) is 31.9 Å². The van der Waals surface area contributed by atoms with Crippen LogP contribution in [0.1, 0.15) is 15.9 Å². The molecule has 0 atom stereocenters. The smallest absolute Gasteiger partial charge is 0.343 e. The molecule has 0 spiro atoms. The predicted molar refractivity (Wildman–Crippen MR) is 129 cm³/mol. The molecule has 3 aromatic carbocycles. The first-order valence-corrected chi connectivity index (χ1v) is 10.5. The number of esters is 1. The van der Waals surface area contributed by atoms with Crippen molar-refractivity contribution in [3.63, 3.8) is 0 Å². The van der Waals surface area contributed by atoms with Gasteiger partial charge in [-0.25, -0.2) is 10.2 Å². The number of fused-ring (bicyclic) bond motifs is 1. The molecule has 3 aromatic rings. The molecule has 1 N–H and O–H groups in total. The first kappa shape index (κ1) is 23.3. The molecule has 0 fully saturated rings. The van der Waals surface area contributed by atoms with Crippen molar-refractivity contribution in [3.8, 4) is 17.2 Å². The van der Waals surface area contributed by atoms with Crippen molar-refractivity contribution < 1.29 is 28.5 Å². The van der Waals surface area contributed by atoms with Gasteiger partial charge in [-0.05, 0) is 63.2 Å². The van der Waals surface area contributed by atoms with Gasteiger partial charge in [-0.15, -0.1) is 0 Å². The first-order chi connectivity index (χ1) is 15.5. The zero-order valence-corrected chi connectivity index (χ0v) is 19.8. The number of amides is 1. The van der Waals surface area contributed by atoms with E-state index in [1.165, 1.54) is 27.5 Å². The summed E-state index contributed by atoms with van der Waals surface area (Å²) in [6.07, 6.45) is 1.49. The van der Waals surface area contributed by atoms with Crippen LogP contribution in [0, 0.1) is 3.57 Å². The van der Waals surface area contributed by atoms with Crippen molar-refractivity contribution in [2.45, 2.75) is 0 Å². The molecular formula is C23H21IN2O6. The summed E-state index contributed by atoms with van der Waals surface area (Å²) in [5.41, 5.74) is 3.57. The minimum absolute atomic E-state index is 0.236. The number of carbonyl (C=O) groups excluding carboxylic acids is 2. The van der Waals surface area contributed by atoms with E-state index in [1.807, 2.05) is 30.3 Å². The minimum Gasteiger partial charge on any atom is -0.496 e. The second-order valence-corrected chi connectivity index (χ2v) is 7.66. The lowest BCUT2D eigenvalue weighted by Crippen LogP contribution is -2.18. The number of rotatable bonds is 8. The number of ether oxygens (including phenoxy) is 4. The Bertz CT molecular complexity index is 1180. The third-order valence-electron chi connectivity index (χ3n) is 4.51. The van der Waals surface area contributed by atoms with Crippen LogP contribution in [0.2, 0.25) is 0 Å². The van der Waals surface area contributed by atoms with Crippen molar-refractivity contribution in [1.82, 2.24) is 5.43 Å². The highest BCUT2D eigenvalue weighted by atomic mass is 127. The van der Waals surface area contributed by atoms with Gasteiger partial charge in [-0.1, -0.05) is 24.3 Å². The number of nitrogens with zero attached hydrogens (tertiary/aromatic N) is 1. The van der Waals surface area contributed by atoms with E-state index >= 15 is 0 Å². The topological polar surface area (TPSA) is 95.5 Å². The maximum atomic E-state index is 12.7. The van der Waals surface area contributed by atoms with Gasteiger partial charge in [0, 0.05) is 0 Å². The van der Waals surface area contributed by atoms with Gasteiger partial charge in [0.25, 0.3) is 5.91 Å². The van der Waals surface area contributed by atoms with Crippen LogP contribution in [0.5, 0.6) is 17.2 Å². The van der Waals surface area contributed by atoms with E-state index in [2.05, 4.69) is 37.9 Å². The van der Waals surface area contributed by atoms with Gasteiger partial charge in [0.2, 0.25) is 0 Å². The van der Waals surface area contributed by atoms with E-state index in [0.717, 1.165) is 10.8 Å². The lowest BCUT2D eigenvalue weighted by molar-refractivity contribution is -0.142. The Hall–Kier alpha value is -3.34. The molecule has 3 rings (SSSR count). The second kappa shape index (κ2) is 10.8. The van der Waals surface area contributed by atoms with E-state index in [9.17, 15) is 9.59 Å². The largest absolute Gasteiger partial charge is 0.496 e. The number of methoxy groups -OCH3 is 3. The van der Waals surface area contributed by atoms with Crippen LogP contribution in [0.4, 0.5) is 0 Å². The Morgan fingerprint density at radius 2 is 1.69 bits per heavy atom. The third kappa shape index (κ3) is 5.47. The summed E-state index contributed by atoms with van der Waals surface area (Å²) in [5, 5.41) is 5.95. The zero-order valence-electron chi connectivity index (χ0n) is 17.7. The van der Waals surface area contributed by atoms with Gasteiger partial charge in [-0.3, -0.25) is 4.79 Å². The van der Waals surface area contributed by atoms with Crippen molar-refractivity contribution in [2.24, 2.45) is 5.10 Å². The van der Waals surface area contributed by atoms with Crippen LogP contribution in [-0.2, 0) is 9.53 Å². The maximum absolute atomic E-state index is 12.7. The number of hydrogen-bond acceptors (Lipinski definition) is 7. The summed E-state index contributed by atoms with van der Waals surface area (Å²) in [4.78, 5) is 24.0. The molecule has 1 amide bonds.